The minimum Gasteiger partial charge on any atom is -0.378 e. The van der Waals surface area contributed by atoms with Gasteiger partial charge in [0, 0.05) is 24.3 Å². The Morgan fingerprint density at radius 3 is 2.79 bits per heavy atom. The van der Waals surface area contributed by atoms with Gasteiger partial charge in [0.25, 0.3) is 5.91 Å². The molecule has 2 aromatic heterocycles. The van der Waals surface area contributed by atoms with Crippen LogP contribution >= 0.6 is 11.5 Å². The van der Waals surface area contributed by atoms with Gasteiger partial charge in [0.15, 0.2) is 5.82 Å². The van der Waals surface area contributed by atoms with Gasteiger partial charge in [-0.3, -0.25) is 4.79 Å². The summed E-state index contributed by atoms with van der Waals surface area (Å²) >= 11 is 1.12. The largest absolute Gasteiger partial charge is 0.378 e. The average Bonchev–Trinajstić information content (AvgIpc) is 3.23. The molecule has 0 aliphatic carbocycles. The lowest BCUT2D eigenvalue weighted by atomic mass is 10.1. The Morgan fingerprint density at radius 1 is 1.17 bits per heavy atom. The molecule has 1 saturated heterocycles. The molecule has 0 atom stereocenters. The number of ether oxygens (including phenoxy) is 1. The first-order valence-electron chi connectivity index (χ1n) is 9.64. The fourth-order valence-corrected chi connectivity index (χ4v) is 3.77. The average molecular weight is 411 g/mol. The lowest BCUT2D eigenvalue weighted by molar-refractivity contribution is 0.102. The molecule has 0 radical (unpaired) electrons. The zero-order chi connectivity index (χ0) is 20.1. The molecule has 0 spiro atoms. The van der Waals surface area contributed by atoms with E-state index in [4.69, 9.17) is 4.74 Å². The molecular formula is C20H22N6O2S. The zero-order valence-corrected chi connectivity index (χ0v) is 17.0. The molecule has 9 heteroatoms. The van der Waals surface area contributed by atoms with Crippen molar-refractivity contribution >= 4 is 28.9 Å². The molecule has 1 amide bonds. The van der Waals surface area contributed by atoms with Gasteiger partial charge in [-0.2, -0.15) is 0 Å². The van der Waals surface area contributed by atoms with Gasteiger partial charge in [0.05, 0.1) is 24.6 Å². The quantitative estimate of drug-likeness (QED) is 0.667. The van der Waals surface area contributed by atoms with Crippen LogP contribution in [0.1, 0.15) is 28.7 Å². The van der Waals surface area contributed by atoms with Crippen molar-refractivity contribution < 1.29 is 9.53 Å². The normalized spacial score (nSPS) is 14.0. The molecule has 29 heavy (non-hydrogen) atoms. The second-order valence-corrected chi connectivity index (χ2v) is 7.46. The molecule has 1 N–H and O–H groups in total. The molecule has 8 nitrogen and oxygen atoms in total. The van der Waals surface area contributed by atoms with Crippen LogP contribution in [-0.2, 0) is 11.2 Å². The highest BCUT2D eigenvalue weighted by Crippen LogP contribution is 2.23. The van der Waals surface area contributed by atoms with Gasteiger partial charge in [0.2, 0.25) is 0 Å². The van der Waals surface area contributed by atoms with Crippen molar-refractivity contribution in [2.24, 2.45) is 0 Å². The number of anilines is 2. The molecule has 4 rings (SSSR count). The van der Waals surface area contributed by atoms with E-state index >= 15 is 0 Å². The number of amides is 1. The molecule has 150 valence electrons. The summed E-state index contributed by atoms with van der Waals surface area (Å²) in [5.74, 6) is 0.664. The Kier molecular flexibility index (Phi) is 6.06. The van der Waals surface area contributed by atoms with Crippen LogP contribution in [0.15, 0.2) is 36.4 Å². The third-order valence-corrected chi connectivity index (χ3v) is 5.42. The Balaban J connectivity index is 1.48. The van der Waals surface area contributed by atoms with Crippen molar-refractivity contribution in [1.82, 2.24) is 19.8 Å². The highest BCUT2D eigenvalue weighted by Gasteiger charge is 2.16. The van der Waals surface area contributed by atoms with E-state index in [1.807, 2.05) is 36.4 Å². The molecule has 1 fully saturated rings. The van der Waals surface area contributed by atoms with Crippen LogP contribution in [0.3, 0.4) is 0 Å². The van der Waals surface area contributed by atoms with Gasteiger partial charge in [-0.05, 0) is 42.2 Å². The number of aryl methyl sites for hydroxylation is 1. The number of rotatable bonds is 6. The van der Waals surface area contributed by atoms with Gasteiger partial charge in [0.1, 0.15) is 4.88 Å². The summed E-state index contributed by atoms with van der Waals surface area (Å²) in [6.45, 7) is 5.11. The maximum absolute atomic E-state index is 12.6. The molecule has 1 aliphatic heterocycles. The highest BCUT2D eigenvalue weighted by molar-refractivity contribution is 7.08. The summed E-state index contributed by atoms with van der Waals surface area (Å²) in [4.78, 5) is 15.3. The van der Waals surface area contributed by atoms with E-state index in [0.29, 0.717) is 23.8 Å². The maximum Gasteiger partial charge on any atom is 0.269 e. The molecule has 1 aliphatic rings. The summed E-state index contributed by atoms with van der Waals surface area (Å²) < 4.78 is 9.29. The van der Waals surface area contributed by atoms with E-state index in [1.165, 1.54) is 0 Å². The predicted molar refractivity (Wildman–Crippen MR) is 112 cm³/mol. The first-order chi connectivity index (χ1) is 14.2. The number of hydrogen-bond acceptors (Lipinski definition) is 8. The second kappa shape index (κ2) is 9.06. The first kappa shape index (κ1) is 19.4. The number of hydrogen-bond donors (Lipinski definition) is 1. The van der Waals surface area contributed by atoms with E-state index in [-0.39, 0.29) is 5.91 Å². The summed E-state index contributed by atoms with van der Waals surface area (Å²) in [6, 6.07) is 11.5. The summed E-state index contributed by atoms with van der Waals surface area (Å²) in [5, 5.41) is 15.7. The summed E-state index contributed by atoms with van der Waals surface area (Å²) in [6.07, 6.45) is 1.66. The predicted octanol–water partition coefficient (Wildman–Crippen LogP) is 3.04. The van der Waals surface area contributed by atoms with Gasteiger partial charge in [-0.1, -0.05) is 30.0 Å². The third kappa shape index (κ3) is 4.57. The van der Waals surface area contributed by atoms with Crippen molar-refractivity contribution in [2.75, 3.05) is 36.5 Å². The van der Waals surface area contributed by atoms with Crippen LogP contribution in [-0.4, -0.2) is 52.0 Å². The number of nitrogens with zero attached hydrogens (tertiary/aromatic N) is 5. The number of aromatic nitrogens is 4. The second-order valence-electron chi connectivity index (χ2n) is 6.71. The Hall–Kier alpha value is -2.91. The topological polar surface area (TPSA) is 93.1 Å². The van der Waals surface area contributed by atoms with Gasteiger partial charge in [-0.25, -0.2) is 0 Å². The number of carbonyl (C=O) groups is 1. The lowest BCUT2D eigenvalue weighted by Gasteiger charge is -2.27. The van der Waals surface area contributed by atoms with Crippen LogP contribution in [0.2, 0.25) is 0 Å². The maximum atomic E-state index is 12.6. The van der Waals surface area contributed by atoms with E-state index < -0.39 is 0 Å². The Bertz CT molecular complexity index is 969. The van der Waals surface area contributed by atoms with Gasteiger partial charge < -0.3 is 15.0 Å². The Labute approximate surface area is 173 Å². The Morgan fingerprint density at radius 2 is 2.03 bits per heavy atom. The minimum atomic E-state index is -0.186. The van der Waals surface area contributed by atoms with E-state index in [9.17, 15) is 4.79 Å². The van der Waals surface area contributed by atoms with Crippen LogP contribution in [0.5, 0.6) is 0 Å². The van der Waals surface area contributed by atoms with Crippen molar-refractivity contribution in [3.8, 4) is 11.3 Å². The van der Waals surface area contributed by atoms with Crippen molar-refractivity contribution in [3.63, 3.8) is 0 Å². The molecule has 3 heterocycles. The number of morpholine rings is 1. The van der Waals surface area contributed by atoms with Crippen molar-refractivity contribution in [2.45, 2.75) is 19.8 Å². The molecule has 1 aromatic carbocycles. The standard InChI is InChI=1S/C20H22N6O2S/c1-2-4-17-19(29-25-23-17)20(27)21-15-6-3-5-14(13-15)16-7-8-18(24-22-16)26-9-11-28-12-10-26/h3,5-8,13H,2,4,9-12H2,1H3,(H,21,27). The monoisotopic (exact) mass is 410 g/mol. The molecule has 0 bridgehead atoms. The van der Waals surface area contributed by atoms with Crippen LogP contribution in [0.4, 0.5) is 11.5 Å². The molecule has 3 aromatic rings. The molecular weight excluding hydrogens is 388 g/mol. The zero-order valence-electron chi connectivity index (χ0n) is 16.2. The lowest BCUT2D eigenvalue weighted by Crippen LogP contribution is -2.36. The highest BCUT2D eigenvalue weighted by atomic mass is 32.1. The van der Waals surface area contributed by atoms with E-state index in [2.05, 4.69) is 36.9 Å². The van der Waals surface area contributed by atoms with E-state index in [0.717, 1.165) is 60.2 Å². The minimum absolute atomic E-state index is 0.186. The van der Waals surface area contributed by atoms with Crippen LogP contribution in [0, 0.1) is 0 Å². The summed E-state index contributed by atoms with van der Waals surface area (Å²) in [5.41, 5.74) is 3.09. The summed E-state index contributed by atoms with van der Waals surface area (Å²) in [7, 11) is 0. The van der Waals surface area contributed by atoms with Crippen LogP contribution in [0.25, 0.3) is 11.3 Å². The number of benzene rings is 1. The fraction of sp³-hybridized carbons (Fsp3) is 0.350. The van der Waals surface area contributed by atoms with Crippen molar-refractivity contribution in [3.05, 3.63) is 47.0 Å². The van der Waals surface area contributed by atoms with Crippen LogP contribution < -0.4 is 10.2 Å². The molecule has 0 saturated carbocycles. The SMILES string of the molecule is CCCc1nnsc1C(=O)Nc1cccc(-c2ccc(N3CCOCC3)nn2)c1. The molecule has 0 unspecified atom stereocenters. The van der Waals surface area contributed by atoms with Gasteiger partial charge in [-0.15, -0.1) is 15.3 Å². The van der Waals surface area contributed by atoms with Gasteiger partial charge >= 0.3 is 0 Å². The third-order valence-electron chi connectivity index (χ3n) is 4.65. The number of carbonyl (C=O) groups excluding carboxylic acids is 1. The fourth-order valence-electron chi connectivity index (χ4n) is 3.17. The van der Waals surface area contributed by atoms with Crippen molar-refractivity contribution in [1.29, 1.82) is 0 Å². The smallest absolute Gasteiger partial charge is 0.269 e. The van der Waals surface area contributed by atoms with E-state index in [1.54, 1.807) is 0 Å². The first-order valence-corrected chi connectivity index (χ1v) is 10.4. The number of nitrogens with one attached hydrogen (secondary N) is 1.